The van der Waals surface area contributed by atoms with Crippen LogP contribution in [-0.4, -0.2) is 11.1 Å². The van der Waals surface area contributed by atoms with Crippen molar-refractivity contribution in [1.82, 2.24) is 9.88 Å². The van der Waals surface area contributed by atoms with Gasteiger partial charge in [0.2, 0.25) is 0 Å². The van der Waals surface area contributed by atoms with Crippen LogP contribution in [0.1, 0.15) is 32.8 Å². The molecule has 0 aliphatic rings. The highest BCUT2D eigenvalue weighted by molar-refractivity contribution is 6.08. The van der Waals surface area contributed by atoms with E-state index in [1.807, 2.05) is 0 Å². The van der Waals surface area contributed by atoms with E-state index in [0.717, 1.165) is 25.6 Å². The van der Waals surface area contributed by atoms with Crippen molar-refractivity contribution in [3.63, 3.8) is 0 Å². The third-order valence-corrected chi connectivity index (χ3v) is 4.38. The average Bonchev–Trinajstić information content (AvgIpc) is 2.84. The summed E-state index contributed by atoms with van der Waals surface area (Å²) in [6, 6.07) is 15.6. The number of hydrogen-bond acceptors (Lipinski definition) is 1. The van der Waals surface area contributed by atoms with E-state index in [-0.39, 0.29) is 0 Å². The van der Waals surface area contributed by atoms with Crippen LogP contribution >= 0.6 is 0 Å². The summed E-state index contributed by atoms with van der Waals surface area (Å²) in [5.41, 5.74) is 4.05. The maximum Gasteiger partial charge on any atom is 0.0491 e. The SMILES string of the molecule is CCn1c2ccccc2c2cc(CNCCC(C)C)ccc21. The molecule has 2 heteroatoms. The van der Waals surface area contributed by atoms with Gasteiger partial charge in [0, 0.05) is 34.9 Å². The summed E-state index contributed by atoms with van der Waals surface area (Å²) in [4.78, 5) is 0. The van der Waals surface area contributed by atoms with Crippen molar-refractivity contribution in [3.05, 3.63) is 48.0 Å². The first kappa shape index (κ1) is 15.1. The maximum absolute atomic E-state index is 3.56. The van der Waals surface area contributed by atoms with Gasteiger partial charge >= 0.3 is 0 Å². The van der Waals surface area contributed by atoms with Gasteiger partial charge in [0.1, 0.15) is 0 Å². The third-order valence-electron chi connectivity index (χ3n) is 4.38. The normalized spacial score (nSPS) is 11.8. The maximum atomic E-state index is 3.56. The largest absolute Gasteiger partial charge is 0.341 e. The van der Waals surface area contributed by atoms with Crippen LogP contribution in [0, 0.1) is 5.92 Å². The number of aromatic nitrogens is 1. The van der Waals surface area contributed by atoms with E-state index in [4.69, 9.17) is 0 Å². The lowest BCUT2D eigenvalue weighted by Crippen LogP contribution is -2.16. The Kier molecular flexibility index (Phi) is 4.49. The summed E-state index contributed by atoms with van der Waals surface area (Å²) < 4.78 is 2.40. The molecule has 0 fully saturated rings. The highest BCUT2D eigenvalue weighted by atomic mass is 15.0. The van der Waals surface area contributed by atoms with Crippen LogP contribution < -0.4 is 5.32 Å². The predicted molar refractivity (Wildman–Crippen MR) is 96.3 cm³/mol. The smallest absolute Gasteiger partial charge is 0.0491 e. The Morgan fingerprint density at radius 1 is 1.00 bits per heavy atom. The van der Waals surface area contributed by atoms with Crippen molar-refractivity contribution in [2.45, 2.75) is 40.3 Å². The van der Waals surface area contributed by atoms with E-state index in [0.29, 0.717) is 0 Å². The van der Waals surface area contributed by atoms with Crippen LogP contribution in [-0.2, 0) is 13.1 Å². The number of benzene rings is 2. The van der Waals surface area contributed by atoms with Crippen LogP contribution in [0.5, 0.6) is 0 Å². The summed E-state index contributed by atoms with van der Waals surface area (Å²) in [5.74, 6) is 0.762. The van der Waals surface area contributed by atoms with Gasteiger partial charge < -0.3 is 9.88 Å². The first-order valence-electron chi connectivity index (χ1n) is 8.41. The van der Waals surface area contributed by atoms with Crippen molar-refractivity contribution in [2.75, 3.05) is 6.54 Å². The van der Waals surface area contributed by atoms with Gasteiger partial charge in [-0.25, -0.2) is 0 Å². The Morgan fingerprint density at radius 2 is 1.77 bits per heavy atom. The van der Waals surface area contributed by atoms with Gasteiger partial charge in [0.05, 0.1) is 0 Å². The summed E-state index contributed by atoms with van der Waals surface area (Å²) in [6.45, 7) is 9.81. The van der Waals surface area contributed by atoms with Gasteiger partial charge in [-0.3, -0.25) is 0 Å². The number of fused-ring (bicyclic) bond motifs is 3. The monoisotopic (exact) mass is 294 g/mol. The number of hydrogen-bond donors (Lipinski definition) is 1. The quantitative estimate of drug-likeness (QED) is 0.636. The predicted octanol–water partition coefficient (Wildman–Crippen LogP) is 4.95. The molecule has 2 nitrogen and oxygen atoms in total. The lowest BCUT2D eigenvalue weighted by Gasteiger charge is -2.08. The molecule has 0 unspecified atom stereocenters. The fraction of sp³-hybridized carbons (Fsp3) is 0.400. The molecule has 0 aliphatic carbocycles. The highest BCUT2D eigenvalue weighted by Gasteiger charge is 2.09. The zero-order valence-electron chi connectivity index (χ0n) is 13.9. The van der Waals surface area contributed by atoms with Crippen LogP contribution in [0.4, 0.5) is 0 Å². The summed E-state index contributed by atoms with van der Waals surface area (Å²) in [7, 11) is 0. The Hall–Kier alpha value is -1.80. The molecule has 2 aromatic carbocycles. The molecule has 0 radical (unpaired) electrons. The van der Waals surface area contributed by atoms with E-state index in [1.165, 1.54) is 33.8 Å². The molecule has 0 spiro atoms. The minimum absolute atomic E-state index is 0.762. The molecule has 3 aromatic rings. The Labute approximate surface area is 133 Å². The summed E-state index contributed by atoms with van der Waals surface area (Å²) in [5, 5.41) is 6.30. The minimum Gasteiger partial charge on any atom is -0.341 e. The molecular formula is C20H26N2. The fourth-order valence-corrected chi connectivity index (χ4v) is 3.17. The van der Waals surface area contributed by atoms with Crippen LogP contribution in [0.2, 0.25) is 0 Å². The van der Waals surface area contributed by atoms with Gasteiger partial charge in [-0.2, -0.15) is 0 Å². The van der Waals surface area contributed by atoms with Crippen LogP contribution in [0.15, 0.2) is 42.5 Å². The lowest BCUT2D eigenvalue weighted by molar-refractivity contribution is 0.537. The second-order valence-corrected chi connectivity index (χ2v) is 6.47. The molecule has 0 bridgehead atoms. The highest BCUT2D eigenvalue weighted by Crippen LogP contribution is 2.29. The first-order chi connectivity index (χ1) is 10.7. The van der Waals surface area contributed by atoms with Gasteiger partial charge in [0.15, 0.2) is 0 Å². The van der Waals surface area contributed by atoms with Gasteiger partial charge in [-0.1, -0.05) is 38.1 Å². The molecule has 22 heavy (non-hydrogen) atoms. The molecule has 0 saturated carbocycles. The van der Waals surface area contributed by atoms with Crippen molar-refractivity contribution < 1.29 is 0 Å². The lowest BCUT2D eigenvalue weighted by atomic mass is 10.1. The number of aryl methyl sites for hydroxylation is 1. The fourth-order valence-electron chi connectivity index (χ4n) is 3.17. The molecule has 0 amide bonds. The second-order valence-electron chi connectivity index (χ2n) is 6.47. The van der Waals surface area contributed by atoms with Gasteiger partial charge in [-0.15, -0.1) is 0 Å². The molecule has 0 aliphatic heterocycles. The molecule has 1 aromatic heterocycles. The molecule has 1 N–H and O–H groups in total. The molecule has 0 saturated heterocycles. The Bertz CT molecular complexity index is 768. The van der Waals surface area contributed by atoms with E-state index in [1.54, 1.807) is 0 Å². The Balaban J connectivity index is 1.91. The van der Waals surface area contributed by atoms with Crippen molar-refractivity contribution in [1.29, 1.82) is 0 Å². The van der Waals surface area contributed by atoms with E-state index >= 15 is 0 Å². The minimum atomic E-state index is 0.762. The topological polar surface area (TPSA) is 17.0 Å². The first-order valence-corrected chi connectivity index (χ1v) is 8.41. The summed E-state index contributed by atoms with van der Waals surface area (Å²) in [6.07, 6.45) is 1.23. The zero-order valence-corrected chi connectivity index (χ0v) is 13.9. The van der Waals surface area contributed by atoms with Gasteiger partial charge in [0.25, 0.3) is 0 Å². The number of rotatable bonds is 6. The van der Waals surface area contributed by atoms with E-state index in [2.05, 4.69) is 73.1 Å². The summed E-state index contributed by atoms with van der Waals surface area (Å²) >= 11 is 0. The van der Waals surface area contributed by atoms with Crippen LogP contribution in [0.3, 0.4) is 0 Å². The number of nitrogens with zero attached hydrogens (tertiary/aromatic N) is 1. The number of para-hydroxylation sites is 1. The van der Waals surface area contributed by atoms with Crippen molar-refractivity contribution >= 4 is 21.8 Å². The van der Waals surface area contributed by atoms with Crippen molar-refractivity contribution in [2.24, 2.45) is 5.92 Å². The van der Waals surface area contributed by atoms with Gasteiger partial charge in [-0.05, 0) is 49.6 Å². The van der Waals surface area contributed by atoms with Crippen LogP contribution in [0.25, 0.3) is 21.8 Å². The van der Waals surface area contributed by atoms with E-state index < -0.39 is 0 Å². The average molecular weight is 294 g/mol. The molecule has 0 atom stereocenters. The standard InChI is InChI=1S/C20H26N2/c1-4-22-19-8-6-5-7-17(19)18-13-16(9-10-20(18)22)14-21-12-11-15(2)3/h5-10,13,15,21H,4,11-12,14H2,1-3H3. The van der Waals surface area contributed by atoms with E-state index in [9.17, 15) is 0 Å². The Morgan fingerprint density at radius 3 is 2.55 bits per heavy atom. The molecular weight excluding hydrogens is 268 g/mol. The molecule has 116 valence electrons. The molecule has 3 rings (SSSR count). The third kappa shape index (κ3) is 2.89. The second kappa shape index (κ2) is 6.53. The zero-order chi connectivity index (χ0) is 15.5. The number of nitrogens with one attached hydrogen (secondary N) is 1. The van der Waals surface area contributed by atoms with Crippen molar-refractivity contribution in [3.8, 4) is 0 Å². The molecule has 1 heterocycles.